The number of carbonyl (C=O) groups is 1. The predicted octanol–water partition coefficient (Wildman–Crippen LogP) is 3.33. The Morgan fingerprint density at radius 2 is 1.78 bits per heavy atom. The normalized spacial score (nSPS) is 13.8. The molecule has 7 nitrogen and oxygen atoms in total. The molecule has 0 saturated heterocycles. The number of fused-ring (bicyclic) bond motifs is 2. The lowest BCUT2D eigenvalue weighted by atomic mass is 10.0. The van der Waals surface area contributed by atoms with Crippen LogP contribution in [0.3, 0.4) is 0 Å². The highest BCUT2D eigenvalue weighted by Crippen LogP contribution is 2.22. The average molecular weight is 428 g/mol. The van der Waals surface area contributed by atoms with Crippen LogP contribution in [-0.4, -0.2) is 31.5 Å². The van der Waals surface area contributed by atoms with Crippen LogP contribution < -0.4 is 10.9 Å². The van der Waals surface area contributed by atoms with Gasteiger partial charge in [-0.2, -0.15) is 9.61 Å². The molecular weight excluding hydrogens is 402 g/mol. The Balaban J connectivity index is 1.52. The zero-order valence-electron chi connectivity index (χ0n) is 18.0. The summed E-state index contributed by atoms with van der Waals surface area (Å²) < 4.78 is 3.46. The van der Waals surface area contributed by atoms with Gasteiger partial charge in [0.1, 0.15) is 5.56 Å². The molecule has 2 aromatic carbocycles. The summed E-state index contributed by atoms with van der Waals surface area (Å²) in [5, 5.41) is 7.22. The van der Waals surface area contributed by atoms with Gasteiger partial charge in [0.25, 0.3) is 11.5 Å². The number of anilines is 1. The van der Waals surface area contributed by atoms with Crippen LogP contribution in [0.25, 0.3) is 5.65 Å². The van der Waals surface area contributed by atoms with Crippen LogP contribution in [-0.2, 0) is 26.1 Å². The van der Waals surface area contributed by atoms with Crippen LogP contribution in [0.1, 0.15) is 34.1 Å². The van der Waals surface area contributed by atoms with Crippen LogP contribution in [0.2, 0.25) is 0 Å². The van der Waals surface area contributed by atoms with Crippen molar-refractivity contribution in [1.29, 1.82) is 0 Å². The van der Waals surface area contributed by atoms with Gasteiger partial charge in [-0.3, -0.25) is 14.5 Å². The highest BCUT2D eigenvalue weighted by Gasteiger charge is 2.27. The highest BCUT2D eigenvalue weighted by molar-refractivity contribution is 6.08. The third kappa shape index (κ3) is 3.61. The average Bonchev–Trinajstić information content (AvgIpc) is 3.27. The van der Waals surface area contributed by atoms with Crippen molar-refractivity contribution >= 4 is 17.2 Å². The summed E-state index contributed by atoms with van der Waals surface area (Å²) in [5.41, 5.74) is 4.52. The van der Waals surface area contributed by atoms with Gasteiger partial charge in [-0.15, -0.1) is 0 Å². The number of hydrogen-bond acceptors (Lipinski definition) is 4. The van der Waals surface area contributed by atoms with Gasteiger partial charge in [0, 0.05) is 44.0 Å². The van der Waals surface area contributed by atoms with Crippen molar-refractivity contribution in [2.24, 2.45) is 0 Å². The number of para-hydroxylation sites is 1. The Morgan fingerprint density at radius 3 is 2.50 bits per heavy atom. The Labute approximate surface area is 185 Å². The number of benzene rings is 2. The fourth-order valence-electron chi connectivity index (χ4n) is 4.50. The second-order valence-corrected chi connectivity index (χ2v) is 8.03. The minimum absolute atomic E-state index is 0.142. The second kappa shape index (κ2) is 8.43. The van der Waals surface area contributed by atoms with E-state index in [0.29, 0.717) is 30.0 Å². The standard InChI is InChI=1S/C25H25N5O2/c1-2-29-22-13-14-28(16-18-9-5-3-6-10-18)17-21(22)25(32)30-24(29)20(15-26-30)23(31)27-19-11-7-4-8-12-19/h3-12,15H,2,13-14,16-17H2,1H3,(H,27,31). The van der Waals surface area contributed by atoms with E-state index in [4.69, 9.17) is 0 Å². The molecule has 1 amide bonds. The minimum Gasteiger partial charge on any atom is -0.329 e. The van der Waals surface area contributed by atoms with E-state index in [9.17, 15) is 9.59 Å². The number of rotatable bonds is 5. The molecule has 0 aliphatic carbocycles. The lowest BCUT2D eigenvalue weighted by Gasteiger charge is -2.30. The van der Waals surface area contributed by atoms with Crippen LogP contribution in [0.4, 0.5) is 5.69 Å². The number of aryl methyl sites for hydroxylation is 1. The van der Waals surface area contributed by atoms with E-state index in [2.05, 4.69) is 32.0 Å². The lowest BCUT2D eigenvalue weighted by molar-refractivity contribution is 0.102. The fourth-order valence-corrected chi connectivity index (χ4v) is 4.50. The number of aromatic nitrogens is 3. The summed E-state index contributed by atoms with van der Waals surface area (Å²) >= 11 is 0. The molecule has 5 rings (SSSR count). The smallest absolute Gasteiger partial charge is 0.279 e. The third-order valence-corrected chi connectivity index (χ3v) is 6.01. The van der Waals surface area contributed by atoms with Crippen molar-refractivity contribution in [1.82, 2.24) is 19.1 Å². The monoisotopic (exact) mass is 427 g/mol. The van der Waals surface area contributed by atoms with Crippen LogP contribution in [0.5, 0.6) is 0 Å². The van der Waals surface area contributed by atoms with E-state index >= 15 is 0 Å². The van der Waals surface area contributed by atoms with E-state index in [1.54, 1.807) is 0 Å². The Morgan fingerprint density at radius 1 is 1.06 bits per heavy atom. The third-order valence-electron chi connectivity index (χ3n) is 6.01. The quantitative estimate of drug-likeness (QED) is 0.530. The summed E-state index contributed by atoms with van der Waals surface area (Å²) in [7, 11) is 0. The van der Waals surface area contributed by atoms with Crippen LogP contribution in [0.15, 0.2) is 71.7 Å². The number of nitrogens with one attached hydrogen (secondary N) is 1. The van der Waals surface area contributed by atoms with E-state index < -0.39 is 0 Å². The molecule has 0 atom stereocenters. The van der Waals surface area contributed by atoms with E-state index in [0.717, 1.165) is 30.8 Å². The molecule has 1 N–H and O–H groups in total. The summed E-state index contributed by atoms with van der Waals surface area (Å²) in [4.78, 5) is 28.7. The maximum atomic E-state index is 13.4. The maximum Gasteiger partial charge on any atom is 0.279 e. The Hall–Kier alpha value is -3.71. The molecule has 1 aliphatic heterocycles. The molecule has 0 unspecified atom stereocenters. The zero-order chi connectivity index (χ0) is 22.1. The molecule has 0 saturated carbocycles. The first-order valence-corrected chi connectivity index (χ1v) is 10.9. The van der Waals surface area contributed by atoms with E-state index in [1.807, 2.05) is 55.5 Å². The molecule has 3 heterocycles. The van der Waals surface area contributed by atoms with Gasteiger partial charge in [0.15, 0.2) is 5.65 Å². The molecular formula is C25H25N5O2. The van der Waals surface area contributed by atoms with Gasteiger partial charge < -0.3 is 9.88 Å². The molecule has 4 aromatic rings. The molecule has 32 heavy (non-hydrogen) atoms. The number of amides is 1. The van der Waals surface area contributed by atoms with Crippen molar-refractivity contribution in [2.45, 2.75) is 33.0 Å². The summed E-state index contributed by atoms with van der Waals surface area (Å²) in [6, 6.07) is 19.6. The van der Waals surface area contributed by atoms with Gasteiger partial charge in [-0.1, -0.05) is 48.5 Å². The molecule has 0 spiro atoms. The highest BCUT2D eigenvalue weighted by atomic mass is 16.2. The first-order chi connectivity index (χ1) is 15.7. The van der Waals surface area contributed by atoms with Gasteiger partial charge in [0.2, 0.25) is 0 Å². The van der Waals surface area contributed by atoms with Crippen molar-refractivity contribution in [3.05, 3.63) is 99.6 Å². The van der Waals surface area contributed by atoms with Crippen molar-refractivity contribution in [2.75, 3.05) is 11.9 Å². The largest absolute Gasteiger partial charge is 0.329 e. The molecule has 162 valence electrons. The van der Waals surface area contributed by atoms with Crippen LogP contribution >= 0.6 is 0 Å². The molecule has 0 radical (unpaired) electrons. The Bertz CT molecular complexity index is 1330. The summed E-state index contributed by atoms with van der Waals surface area (Å²) in [6.07, 6.45) is 2.25. The van der Waals surface area contributed by atoms with Gasteiger partial charge in [0.05, 0.1) is 11.8 Å². The zero-order valence-corrected chi connectivity index (χ0v) is 18.0. The van der Waals surface area contributed by atoms with Crippen LogP contribution in [0, 0.1) is 0 Å². The second-order valence-electron chi connectivity index (χ2n) is 8.03. The minimum atomic E-state index is -0.269. The number of carbonyl (C=O) groups excluding carboxylic acids is 1. The van der Waals surface area contributed by atoms with Crippen molar-refractivity contribution in [3.63, 3.8) is 0 Å². The molecule has 0 bridgehead atoms. The fraction of sp³-hybridized carbons (Fsp3) is 0.240. The Kier molecular flexibility index (Phi) is 5.33. The molecule has 1 aliphatic rings. The van der Waals surface area contributed by atoms with E-state index in [-0.39, 0.29) is 11.5 Å². The van der Waals surface area contributed by atoms with Gasteiger partial charge in [-0.05, 0) is 24.6 Å². The topological polar surface area (TPSA) is 71.6 Å². The number of hydrogen-bond donors (Lipinski definition) is 1. The van der Waals surface area contributed by atoms with Gasteiger partial charge in [-0.25, -0.2) is 0 Å². The number of nitrogens with zero attached hydrogens (tertiary/aromatic N) is 4. The SMILES string of the molecule is CCn1c2c(c(=O)n3ncc(C(=O)Nc4ccccc4)c13)CN(Cc1ccccc1)CC2. The lowest BCUT2D eigenvalue weighted by Crippen LogP contribution is -2.38. The first-order valence-electron chi connectivity index (χ1n) is 10.9. The first kappa shape index (κ1) is 20.2. The molecule has 0 fully saturated rings. The van der Waals surface area contributed by atoms with E-state index in [1.165, 1.54) is 16.3 Å². The summed E-state index contributed by atoms with van der Waals surface area (Å²) in [5.74, 6) is -0.269. The van der Waals surface area contributed by atoms with Gasteiger partial charge >= 0.3 is 0 Å². The maximum absolute atomic E-state index is 13.4. The van der Waals surface area contributed by atoms with Crippen molar-refractivity contribution < 1.29 is 4.79 Å². The van der Waals surface area contributed by atoms with Crippen molar-refractivity contribution in [3.8, 4) is 0 Å². The summed E-state index contributed by atoms with van der Waals surface area (Å²) in [6.45, 7) is 4.92. The predicted molar refractivity (Wildman–Crippen MR) is 124 cm³/mol. The molecule has 7 heteroatoms. The molecule has 2 aromatic heterocycles.